The van der Waals surface area contributed by atoms with Crippen LogP contribution in [-0.4, -0.2) is 22.7 Å². The summed E-state index contributed by atoms with van der Waals surface area (Å²) in [4.78, 5) is 4.12. The highest BCUT2D eigenvalue weighted by Crippen LogP contribution is 2.09. The minimum Gasteiger partial charge on any atom is -0.393 e. The van der Waals surface area contributed by atoms with Crippen LogP contribution in [0.3, 0.4) is 0 Å². The zero-order chi connectivity index (χ0) is 11.3. The van der Waals surface area contributed by atoms with Gasteiger partial charge in [0.25, 0.3) is 0 Å². The average Bonchev–Trinajstić information content (AvgIpc) is 2.17. The first-order chi connectivity index (χ1) is 7.09. The molecule has 0 saturated carbocycles. The molecule has 0 radical (unpaired) electrons. The molecule has 1 unspecified atom stereocenters. The Kier molecular flexibility index (Phi) is 4.56. The molecule has 0 amide bonds. The molecule has 15 heavy (non-hydrogen) atoms. The van der Waals surface area contributed by atoms with Crippen molar-refractivity contribution in [3.05, 3.63) is 24.0 Å². The van der Waals surface area contributed by atoms with Crippen molar-refractivity contribution in [3.8, 4) is 0 Å². The number of aromatic nitrogens is 1. The van der Waals surface area contributed by atoms with E-state index in [1.165, 1.54) is 0 Å². The van der Waals surface area contributed by atoms with Crippen LogP contribution in [0.25, 0.3) is 0 Å². The lowest BCUT2D eigenvalue weighted by Crippen LogP contribution is -2.18. The molecule has 0 spiro atoms. The summed E-state index contributed by atoms with van der Waals surface area (Å²) in [5, 5.41) is 12.9. The minimum atomic E-state index is -0.222. The third-order valence-electron chi connectivity index (χ3n) is 2.44. The summed E-state index contributed by atoms with van der Waals surface area (Å²) < 4.78 is 0. The maximum atomic E-state index is 9.61. The third-order valence-corrected chi connectivity index (χ3v) is 2.44. The molecule has 3 nitrogen and oxygen atoms in total. The fraction of sp³-hybridized carbons (Fsp3) is 0.583. The van der Waals surface area contributed by atoms with E-state index in [4.69, 9.17) is 0 Å². The van der Waals surface area contributed by atoms with Crippen LogP contribution in [0.2, 0.25) is 0 Å². The second kappa shape index (κ2) is 5.71. The highest BCUT2D eigenvalue weighted by atomic mass is 16.3. The Balaban J connectivity index is 2.32. The summed E-state index contributed by atoms with van der Waals surface area (Å²) in [6.45, 7) is 6.82. The van der Waals surface area contributed by atoms with Gasteiger partial charge in [0.1, 0.15) is 0 Å². The number of anilines is 1. The Bertz CT molecular complexity index is 299. The van der Waals surface area contributed by atoms with E-state index in [1.54, 1.807) is 6.20 Å². The predicted octanol–water partition coefficient (Wildman–Crippen LogP) is 2.21. The molecule has 0 aliphatic heterocycles. The van der Waals surface area contributed by atoms with Crippen LogP contribution in [0.1, 0.15) is 26.0 Å². The molecule has 84 valence electrons. The van der Waals surface area contributed by atoms with Gasteiger partial charge in [0.2, 0.25) is 0 Å². The molecule has 0 bridgehead atoms. The summed E-state index contributed by atoms with van der Waals surface area (Å²) >= 11 is 0. The highest BCUT2D eigenvalue weighted by molar-refractivity contribution is 5.42. The van der Waals surface area contributed by atoms with Crippen LogP contribution in [0.4, 0.5) is 5.69 Å². The summed E-state index contributed by atoms with van der Waals surface area (Å²) in [5.74, 6) is 0.325. The van der Waals surface area contributed by atoms with Gasteiger partial charge in [0.05, 0.1) is 6.10 Å². The number of nitrogens with zero attached hydrogens (tertiary/aromatic N) is 1. The van der Waals surface area contributed by atoms with Crippen LogP contribution in [0.5, 0.6) is 0 Å². The fourth-order valence-electron chi connectivity index (χ4n) is 1.35. The van der Waals surface area contributed by atoms with Crippen LogP contribution in [-0.2, 0) is 0 Å². The molecule has 3 heteroatoms. The number of hydrogen-bond acceptors (Lipinski definition) is 3. The SMILES string of the molecule is Cc1cc(NCCC(O)C(C)C)ccn1. The first-order valence-electron chi connectivity index (χ1n) is 5.44. The van der Waals surface area contributed by atoms with E-state index in [9.17, 15) is 5.11 Å². The highest BCUT2D eigenvalue weighted by Gasteiger charge is 2.07. The van der Waals surface area contributed by atoms with E-state index in [2.05, 4.69) is 10.3 Å². The van der Waals surface area contributed by atoms with E-state index in [0.717, 1.165) is 24.3 Å². The van der Waals surface area contributed by atoms with Crippen molar-refractivity contribution in [2.24, 2.45) is 5.92 Å². The van der Waals surface area contributed by atoms with E-state index < -0.39 is 0 Å². The lowest BCUT2D eigenvalue weighted by atomic mass is 10.0. The smallest absolute Gasteiger partial charge is 0.0579 e. The molecule has 1 rings (SSSR count). The zero-order valence-corrected chi connectivity index (χ0v) is 9.70. The van der Waals surface area contributed by atoms with Crippen LogP contribution in [0, 0.1) is 12.8 Å². The van der Waals surface area contributed by atoms with Gasteiger partial charge in [-0.15, -0.1) is 0 Å². The molecule has 2 N–H and O–H groups in total. The number of aryl methyl sites for hydroxylation is 1. The molecule has 0 aliphatic carbocycles. The molecule has 1 heterocycles. The maximum Gasteiger partial charge on any atom is 0.0579 e. The standard InChI is InChI=1S/C12H20N2O/c1-9(2)12(15)5-7-14-11-4-6-13-10(3)8-11/h4,6,8-9,12,15H,5,7H2,1-3H3,(H,13,14). The van der Waals surface area contributed by atoms with Gasteiger partial charge in [-0.1, -0.05) is 13.8 Å². The van der Waals surface area contributed by atoms with Crippen molar-refractivity contribution in [1.29, 1.82) is 0 Å². The molecule has 1 aromatic rings. The van der Waals surface area contributed by atoms with E-state index in [-0.39, 0.29) is 6.10 Å². The lowest BCUT2D eigenvalue weighted by Gasteiger charge is -2.15. The quantitative estimate of drug-likeness (QED) is 0.779. The summed E-state index contributed by atoms with van der Waals surface area (Å²) in [7, 11) is 0. The average molecular weight is 208 g/mol. The second-order valence-electron chi connectivity index (χ2n) is 4.21. The molecule has 0 fully saturated rings. The van der Waals surface area contributed by atoms with Crippen molar-refractivity contribution in [3.63, 3.8) is 0 Å². The summed E-state index contributed by atoms with van der Waals surface area (Å²) in [6.07, 6.45) is 2.34. The van der Waals surface area contributed by atoms with Gasteiger partial charge in [-0.3, -0.25) is 4.98 Å². The Morgan fingerprint density at radius 1 is 1.47 bits per heavy atom. The number of hydrogen-bond donors (Lipinski definition) is 2. The number of rotatable bonds is 5. The molecular formula is C12H20N2O. The fourth-order valence-corrected chi connectivity index (χ4v) is 1.35. The Labute approximate surface area is 91.5 Å². The van der Waals surface area contributed by atoms with Gasteiger partial charge in [-0.2, -0.15) is 0 Å². The second-order valence-corrected chi connectivity index (χ2v) is 4.21. The molecule has 1 aromatic heterocycles. The Hall–Kier alpha value is -1.09. The van der Waals surface area contributed by atoms with Gasteiger partial charge < -0.3 is 10.4 Å². The summed E-state index contributed by atoms with van der Waals surface area (Å²) in [6, 6.07) is 3.94. The lowest BCUT2D eigenvalue weighted by molar-refractivity contribution is 0.120. The largest absolute Gasteiger partial charge is 0.393 e. The topological polar surface area (TPSA) is 45.1 Å². The van der Waals surface area contributed by atoms with Crippen LogP contribution < -0.4 is 5.32 Å². The molecular weight excluding hydrogens is 188 g/mol. The van der Waals surface area contributed by atoms with Crippen molar-refractivity contribution in [2.45, 2.75) is 33.3 Å². The normalized spacial score (nSPS) is 12.9. The molecule has 0 aliphatic rings. The molecule has 0 saturated heterocycles. The zero-order valence-electron chi connectivity index (χ0n) is 9.70. The van der Waals surface area contributed by atoms with E-state index in [0.29, 0.717) is 5.92 Å². The third kappa shape index (κ3) is 4.30. The first kappa shape index (κ1) is 12.0. The van der Waals surface area contributed by atoms with Gasteiger partial charge >= 0.3 is 0 Å². The van der Waals surface area contributed by atoms with E-state index >= 15 is 0 Å². The van der Waals surface area contributed by atoms with Crippen LogP contribution >= 0.6 is 0 Å². The predicted molar refractivity (Wildman–Crippen MR) is 62.9 cm³/mol. The minimum absolute atomic E-state index is 0.222. The Morgan fingerprint density at radius 3 is 2.80 bits per heavy atom. The van der Waals surface area contributed by atoms with Crippen molar-refractivity contribution < 1.29 is 5.11 Å². The molecule has 0 aromatic carbocycles. The van der Waals surface area contributed by atoms with Crippen LogP contribution in [0.15, 0.2) is 18.3 Å². The van der Waals surface area contributed by atoms with Crippen molar-refractivity contribution >= 4 is 5.69 Å². The van der Waals surface area contributed by atoms with E-state index in [1.807, 2.05) is 32.9 Å². The monoisotopic (exact) mass is 208 g/mol. The van der Waals surface area contributed by atoms with Gasteiger partial charge in [0, 0.05) is 24.1 Å². The summed E-state index contributed by atoms with van der Waals surface area (Å²) in [5.41, 5.74) is 2.07. The van der Waals surface area contributed by atoms with Crippen molar-refractivity contribution in [2.75, 3.05) is 11.9 Å². The van der Waals surface area contributed by atoms with Gasteiger partial charge in [0.15, 0.2) is 0 Å². The number of aliphatic hydroxyl groups excluding tert-OH is 1. The molecule has 1 atom stereocenters. The van der Waals surface area contributed by atoms with Crippen molar-refractivity contribution in [1.82, 2.24) is 4.98 Å². The Morgan fingerprint density at radius 2 is 2.20 bits per heavy atom. The van der Waals surface area contributed by atoms with Gasteiger partial charge in [-0.25, -0.2) is 0 Å². The first-order valence-corrected chi connectivity index (χ1v) is 5.44. The van der Waals surface area contributed by atoms with Gasteiger partial charge in [-0.05, 0) is 31.4 Å². The number of nitrogens with one attached hydrogen (secondary N) is 1. The number of pyridine rings is 1. The number of aliphatic hydroxyl groups is 1. The maximum absolute atomic E-state index is 9.61.